The Labute approximate surface area is 203 Å². The van der Waals surface area contributed by atoms with Gasteiger partial charge in [-0.15, -0.1) is 0 Å². The molecule has 35 heavy (non-hydrogen) atoms. The normalized spacial score (nSPS) is 19.9. The number of nitrogens with one attached hydrogen (secondary N) is 3. The van der Waals surface area contributed by atoms with E-state index in [9.17, 15) is 14.4 Å². The molecule has 5 rings (SSSR count). The lowest BCUT2D eigenvalue weighted by molar-refractivity contribution is -0.122. The highest BCUT2D eigenvalue weighted by atomic mass is 16.5. The minimum atomic E-state index is -1.55. The summed E-state index contributed by atoms with van der Waals surface area (Å²) in [6.45, 7) is 5.81. The number of carbonyl (C=O) groups excluding carboxylic acids is 3. The standard InChI is InChI=1S/C24H21N5O4.C2H6/c1-33-18-7-6-17-13-29(21(30)19(17)12-18)14-24(22(31)27-23(32)28-24)9-8-15-2-4-16(5-3-15)20-25-10-11-26-20;1-2/h2-7,12H,10-11,13-14H2,1H3,(H,25,26)(H2,27,28,31,32);1-2H3/t24-;/m1./s1. The smallest absolute Gasteiger partial charge is 0.323 e. The maximum absolute atomic E-state index is 13.0. The predicted molar refractivity (Wildman–Crippen MR) is 131 cm³/mol. The molecule has 1 saturated heterocycles. The van der Waals surface area contributed by atoms with Gasteiger partial charge in [0.2, 0.25) is 5.54 Å². The molecule has 0 unspecified atom stereocenters. The third-order valence-corrected chi connectivity index (χ3v) is 5.82. The van der Waals surface area contributed by atoms with Crippen molar-refractivity contribution in [2.45, 2.75) is 25.9 Å². The van der Waals surface area contributed by atoms with Gasteiger partial charge in [-0.3, -0.25) is 19.9 Å². The van der Waals surface area contributed by atoms with Gasteiger partial charge in [-0.1, -0.05) is 43.9 Å². The minimum absolute atomic E-state index is 0.0772. The van der Waals surface area contributed by atoms with E-state index in [2.05, 4.69) is 32.8 Å². The Balaban J connectivity index is 0.00000141. The summed E-state index contributed by atoms with van der Waals surface area (Å²) in [5.41, 5.74) is 1.42. The third kappa shape index (κ3) is 4.68. The molecule has 180 valence electrons. The second-order valence-electron chi connectivity index (χ2n) is 7.98. The number of hydrogen-bond donors (Lipinski definition) is 3. The molecule has 0 radical (unpaired) electrons. The van der Waals surface area contributed by atoms with Gasteiger partial charge < -0.3 is 20.3 Å². The molecule has 9 heteroatoms. The highest BCUT2D eigenvalue weighted by Gasteiger charge is 2.48. The van der Waals surface area contributed by atoms with Crippen LogP contribution >= 0.6 is 0 Å². The molecule has 0 aromatic heterocycles. The molecular formula is C26H27N5O4. The molecule has 1 fully saturated rings. The molecule has 3 aliphatic rings. The number of ether oxygens (including phenoxy) is 1. The van der Waals surface area contributed by atoms with Crippen LogP contribution in [0.5, 0.6) is 5.75 Å². The number of imide groups is 1. The summed E-state index contributed by atoms with van der Waals surface area (Å²) < 4.78 is 5.21. The van der Waals surface area contributed by atoms with Crippen LogP contribution in [-0.2, 0) is 11.3 Å². The van der Waals surface area contributed by atoms with Crippen molar-refractivity contribution in [2.75, 3.05) is 26.7 Å². The van der Waals surface area contributed by atoms with Gasteiger partial charge in [-0.2, -0.15) is 0 Å². The van der Waals surface area contributed by atoms with E-state index < -0.39 is 17.5 Å². The fourth-order valence-electron chi connectivity index (χ4n) is 4.09. The fraction of sp³-hybridized carbons (Fsp3) is 0.308. The summed E-state index contributed by atoms with van der Waals surface area (Å²) in [7, 11) is 1.53. The van der Waals surface area contributed by atoms with Crippen LogP contribution in [-0.4, -0.2) is 60.9 Å². The Morgan fingerprint density at radius 3 is 2.51 bits per heavy atom. The van der Waals surface area contributed by atoms with E-state index in [1.54, 1.807) is 12.1 Å². The molecule has 2 aromatic rings. The zero-order chi connectivity index (χ0) is 25.0. The van der Waals surface area contributed by atoms with E-state index >= 15 is 0 Å². The Bertz CT molecular complexity index is 1260. The predicted octanol–water partition coefficient (Wildman–Crippen LogP) is 1.66. The number of rotatable bonds is 4. The van der Waals surface area contributed by atoms with Crippen molar-refractivity contribution < 1.29 is 19.1 Å². The molecule has 0 bridgehead atoms. The van der Waals surface area contributed by atoms with Crippen LogP contribution in [0.1, 0.15) is 40.9 Å². The highest BCUT2D eigenvalue weighted by Crippen LogP contribution is 2.28. The first-order chi connectivity index (χ1) is 17.0. The van der Waals surface area contributed by atoms with Gasteiger partial charge in [0, 0.05) is 29.8 Å². The van der Waals surface area contributed by atoms with Crippen LogP contribution in [0.15, 0.2) is 47.5 Å². The Hall–Kier alpha value is -4.32. The summed E-state index contributed by atoms with van der Waals surface area (Å²) in [5.74, 6) is 6.50. The van der Waals surface area contributed by atoms with Crippen LogP contribution in [0, 0.1) is 11.8 Å². The maximum Gasteiger partial charge on any atom is 0.323 e. The van der Waals surface area contributed by atoms with Gasteiger partial charge in [0.25, 0.3) is 11.8 Å². The Morgan fingerprint density at radius 2 is 1.89 bits per heavy atom. The number of amidine groups is 1. The summed E-state index contributed by atoms with van der Waals surface area (Å²) >= 11 is 0. The number of methoxy groups -OCH3 is 1. The molecule has 4 amide bonds. The number of nitrogens with zero attached hydrogens (tertiary/aromatic N) is 2. The molecule has 2 aromatic carbocycles. The largest absolute Gasteiger partial charge is 0.497 e. The Kier molecular flexibility index (Phi) is 6.73. The van der Waals surface area contributed by atoms with E-state index in [1.165, 1.54) is 12.0 Å². The minimum Gasteiger partial charge on any atom is -0.497 e. The van der Waals surface area contributed by atoms with Gasteiger partial charge in [0.15, 0.2) is 0 Å². The average molecular weight is 474 g/mol. The topological polar surface area (TPSA) is 112 Å². The van der Waals surface area contributed by atoms with Crippen molar-refractivity contribution >= 4 is 23.7 Å². The van der Waals surface area contributed by atoms with Crippen LogP contribution in [0.4, 0.5) is 4.79 Å². The van der Waals surface area contributed by atoms with Gasteiger partial charge in [-0.05, 0) is 29.8 Å². The second kappa shape index (κ2) is 9.89. The van der Waals surface area contributed by atoms with Crippen LogP contribution in [0.25, 0.3) is 0 Å². The summed E-state index contributed by atoms with van der Waals surface area (Å²) in [5, 5.41) is 8.08. The number of carbonyl (C=O) groups is 3. The molecule has 0 aliphatic carbocycles. The van der Waals surface area contributed by atoms with Crippen molar-refractivity contribution in [1.82, 2.24) is 20.9 Å². The van der Waals surface area contributed by atoms with Gasteiger partial charge >= 0.3 is 6.03 Å². The molecule has 0 spiro atoms. The lowest BCUT2D eigenvalue weighted by atomic mass is 9.99. The quantitative estimate of drug-likeness (QED) is 0.462. The van der Waals surface area contributed by atoms with Crippen LogP contribution < -0.4 is 20.7 Å². The molecule has 1 atom stereocenters. The number of urea groups is 1. The molecular weight excluding hydrogens is 446 g/mol. The van der Waals surface area contributed by atoms with Crippen LogP contribution in [0.2, 0.25) is 0 Å². The average Bonchev–Trinajstić information content (AvgIpc) is 3.59. The van der Waals surface area contributed by atoms with Crippen molar-refractivity contribution in [2.24, 2.45) is 4.99 Å². The lowest BCUT2D eigenvalue weighted by Crippen LogP contribution is -2.54. The van der Waals surface area contributed by atoms with Gasteiger partial charge in [-0.25, -0.2) is 4.79 Å². The van der Waals surface area contributed by atoms with E-state index in [1.807, 2.05) is 44.2 Å². The van der Waals surface area contributed by atoms with Gasteiger partial charge in [0.1, 0.15) is 11.6 Å². The summed E-state index contributed by atoms with van der Waals surface area (Å²) in [6.07, 6.45) is 0. The second-order valence-corrected chi connectivity index (χ2v) is 7.98. The zero-order valence-electron chi connectivity index (χ0n) is 19.9. The first-order valence-electron chi connectivity index (χ1n) is 11.5. The number of fused-ring (bicyclic) bond motifs is 1. The number of benzene rings is 2. The van der Waals surface area contributed by atoms with Crippen LogP contribution in [0.3, 0.4) is 0 Å². The monoisotopic (exact) mass is 473 g/mol. The fourth-order valence-corrected chi connectivity index (χ4v) is 4.09. The van der Waals surface area contributed by atoms with Gasteiger partial charge in [0.05, 0.1) is 20.2 Å². The van der Waals surface area contributed by atoms with Crippen molar-refractivity contribution in [3.63, 3.8) is 0 Å². The Morgan fingerprint density at radius 1 is 1.11 bits per heavy atom. The molecule has 3 N–H and O–H groups in total. The number of amides is 4. The lowest BCUT2D eigenvalue weighted by Gasteiger charge is -2.26. The highest BCUT2D eigenvalue weighted by molar-refractivity contribution is 6.10. The molecule has 3 aliphatic heterocycles. The van der Waals surface area contributed by atoms with E-state index in [0.717, 1.165) is 30.1 Å². The maximum atomic E-state index is 13.0. The first-order valence-corrected chi connectivity index (χ1v) is 11.5. The van der Waals surface area contributed by atoms with Crippen molar-refractivity contribution in [1.29, 1.82) is 0 Å². The molecule has 3 heterocycles. The van der Waals surface area contributed by atoms with Crippen molar-refractivity contribution in [3.05, 3.63) is 64.7 Å². The SMILES string of the molecule is CC.COc1ccc2c(c1)C(=O)N(C[C@@]1(C#Cc3ccc(C4=NCCN4)cc3)NC(=O)NC1=O)C2. The molecule has 9 nitrogen and oxygen atoms in total. The van der Waals surface area contributed by atoms with E-state index in [-0.39, 0.29) is 12.5 Å². The summed E-state index contributed by atoms with van der Waals surface area (Å²) in [4.78, 5) is 43.6. The first kappa shape index (κ1) is 23.8. The third-order valence-electron chi connectivity index (χ3n) is 5.82. The van der Waals surface area contributed by atoms with E-state index in [4.69, 9.17) is 4.74 Å². The van der Waals surface area contributed by atoms with Crippen molar-refractivity contribution in [3.8, 4) is 17.6 Å². The number of aliphatic imine (C=N–C) groups is 1. The number of hydrogen-bond acceptors (Lipinski definition) is 6. The van der Waals surface area contributed by atoms with E-state index in [0.29, 0.717) is 23.4 Å². The summed E-state index contributed by atoms with van der Waals surface area (Å²) in [6, 6.07) is 12.1. The zero-order valence-corrected chi connectivity index (χ0v) is 19.9. The molecule has 0 saturated carbocycles.